The van der Waals surface area contributed by atoms with Crippen LogP contribution >= 0.6 is 0 Å². The summed E-state index contributed by atoms with van der Waals surface area (Å²) in [6, 6.07) is 3.56. The van der Waals surface area contributed by atoms with Crippen LogP contribution in [0.15, 0.2) is 35.1 Å². The van der Waals surface area contributed by atoms with Crippen LogP contribution in [0.4, 0.5) is 10.6 Å². The number of aromatic nitrogens is 4. The Kier molecular flexibility index (Phi) is 4.29. The number of nitrogen functional groups attached to an aromatic ring is 1. The Labute approximate surface area is 161 Å². The van der Waals surface area contributed by atoms with E-state index in [0.29, 0.717) is 48.3 Å². The molecule has 28 heavy (non-hydrogen) atoms. The van der Waals surface area contributed by atoms with E-state index in [4.69, 9.17) is 14.9 Å². The number of nitrogens with two attached hydrogens (primary N) is 1. The molecule has 9 heteroatoms. The van der Waals surface area contributed by atoms with Crippen molar-refractivity contribution in [2.75, 3.05) is 18.8 Å². The molecule has 9 nitrogen and oxygen atoms in total. The number of hydrogen-bond donors (Lipinski definition) is 1. The molecule has 0 saturated heterocycles. The number of nitrogens with zero attached hydrogens (tertiary/aromatic N) is 5. The first-order chi connectivity index (χ1) is 13.3. The summed E-state index contributed by atoms with van der Waals surface area (Å²) in [6.07, 6.45) is 5.66. The molecule has 1 aliphatic heterocycles. The minimum atomic E-state index is -0.513. The Hall–Kier alpha value is -3.36. The largest absolute Gasteiger partial charge is 0.461 e. The molecule has 0 aliphatic carbocycles. The smallest absolute Gasteiger partial charge is 0.410 e. The van der Waals surface area contributed by atoms with Gasteiger partial charge in [0.25, 0.3) is 0 Å². The van der Waals surface area contributed by atoms with Crippen LogP contribution in [0.3, 0.4) is 0 Å². The molecule has 1 amide bonds. The molecule has 4 heterocycles. The average molecular weight is 382 g/mol. The second-order valence-electron chi connectivity index (χ2n) is 7.60. The molecule has 0 unspecified atom stereocenters. The molecular weight excluding hydrogens is 360 g/mol. The normalized spacial score (nSPS) is 15.0. The third kappa shape index (κ3) is 3.55. The average Bonchev–Trinajstić information content (AvgIpc) is 3.30. The van der Waals surface area contributed by atoms with Crippen LogP contribution in [0.25, 0.3) is 22.8 Å². The zero-order valence-electron chi connectivity index (χ0n) is 16.0. The maximum atomic E-state index is 12.2. The van der Waals surface area contributed by atoms with E-state index in [1.165, 1.54) is 0 Å². The van der Waals surface area contributed by atoms with Crippen molar-refractivity contribution in [1.29, 1.82) is 0 Å². The van der Waals surface area contributed by atoms with Crippen molar-refractivity contribution in [2.24, 2.45) is 0 Å². The fourth-order valence-electron chi connectivity index (χ4n) is 2.97. The highest BCUT2D eigenvalue weighted by Gasteiger charge is 2.24. The standard InChI is InChI=1S/C19H22N6O3/c1-19(2,3)28-18(26)24-8-6-12(7-9-24)13-11-25-17(15(20)21-13)22-16(23-25)14-5-4-10-27-14/h4-6,10-11H,7-9H2,1-3H3,(H2,20,21). The van der Waals surface area contributed by atoms with Crippen molar-refractivity contribution in [1.82, 2.24) is 24.5 Å². The molecule has 0 atom stereocenters. The summed E-state index contributed by atoms with van der Waals surface area (Å²) in [7, 11) is 0. The maximum Gasteiger partial charge on any atom is 0.410 e. The molecule has 0 aromatic carbocycles. The number of furan rings is 1. The lowest BCUT2D eigenvalue weighted by atomic mass is 10.1. The minimum Gasteiger partial charge on any atom is -0.461 e. The first-order valence-corrected chi connectivity index (χ1v) is 9.04. The SMILES string of the molecule is CC(C)(C)OC(=O)N1CC=C(c2cn3nc(-c4ccco4)nc3c(N)n2)CC1. The van der Waals surface area contributed by atoms with Gasteiger partial charge in [0, 0.05) is 13.1 Å². The van der Waals surface area contributed by atoms with E-state index in [9.17, 15) is 4.79 Å². The molecule has 3 aromatic heterocycles. The number of amides is 1. The number of carbonyl (C=O) groups is 1. The van der Waals surface area contributed by atoms with Crippen molar-refractivity contribution in [3.63, 3.8) is 0 Å². The quantitative estimate of drug-likeness (QED) is 0.725. The lowest BCUT2D eigenvalue weighted by molar-refractivity contribution is 0.0270. The van der Waals surface area contributed by atoms with Gasteiger partial charge in [-0.15, -0.1) is 5.10 Å². The summed E-state index contributed by atoms with van der Waals surface area (Å²) in [6.45, 7) is 6.57. The Balaban J connectivity index is 1.57. The minimum absolute atomic E-state index is 0.290. The highest BCUT2D eigenvalue weighted by molar-refractivity contribution is 5.73. The van der Waals surface area contributed by atoms with Gasteiger partial charge in [-0.25, -0.2) is 19.3 Å². The lowest BCUT2D eigenvalue weighted by Gasteiger charge is -2.29. The molecule has 2 N–H and O–H groups in total. The van der Waals surface area contributed by atoms with Gasteiger partial charge in [0.15, 0.2) is 17.2 Å². The van der Waals surface area contributed by atoms with E-state index in [-0.39, 0.29) is 6.09 Å². The van der Waals surface area contributed by atoms with E-state index in [0.717, 1.165) is 5.57 Å². The summed E-state index contributed by atoms with van der Waals surface area (Å²) >= 11 is 0. The second kappa shape index (κ2) is 6.66. The third-order valence-corrected chi connectivity index (χ3v) is 4.28. The van der Waals surface area contributed by atoms with Gasteiger partial charge in [-0.3, -0.25) is 0 Å². The number of ether oxygens (including phenoxy) is 1. The van der Waals surface area contributed by atoms with E-state index in [1.54, 1.807) is 34.0 Å². The highest BCUT2D eigenvalue weighted by atomic mass is 16.6. The Morgan fingerprint density at radius 1 is 1.32 bits per heavy atom. The lowest BCUT2D eigenvalue weighted by Crippen LogP contribution is -2.39. The summed E-state index contributed by atoms with van der Waals surface area (Å²) in [5.74, 6) is 1.30. The van der Waals surface area contributed by atoms with Crippen LogP contribution in [0.5, 0.6) is 0 Å². The van der Waals surface area contributed by atoms with E-state index >= 15 is 0 Å². The van der Waals surface area contributed by atoms with Crippen LogP contribution in [0.1, 0.15) is 32.9 Å². The number of rotatable bonds is 2. The predicted octanol–water partition coefficient (Wildman–Crippen LogP) is 2.99. The van der Waals surface area contributed by atoms with Gasteiger partial charge < -0.3 is 19.8 Å². The number of carbonyl (C=O) groups excluding carboxylic acids is 1. The van der Waals surface area contributed by atoms with Crippen molar-refractivity contribution in [3.05, 3.63) is 36.4 Å². The Bertz CT molecular complexity index is 1050. The van der Waals surface area contributed by atoms with Gasteiger partial charge in [-0.2, -0.15) is 0 Å². The van der Waals surface area contributed by atoms with E-state index < -0.39 is 5.60 Å². The highest BCUT2D eigenvalue weighted by Crippen LogP contribution is 2.25. The van der Waals surface area contributed by atoms with Crippen molar-refractivity contribution in [3.8, 4) is 11.6 Å². The molecule has 4 rings (SSSR count). The summed E-state index contributed by atoms with van der Waals surface area (Å²) in [4.78, 5) is 22.7. The van der Waals surface area contributed by atoms with E-state index in [1.807, 2.05) is 26.8 Å². The topological polar surface area (TPSA) is 112 Å². The Morgan fingerprint density at radius 3 is 2.79 bits per heavy atom. The van der Waals surface area contributed by atoms with Crippen molar-refractivity contribution < 1.29 is 13.9 Å². The molecule has 146 valence electrons. The first kappa shape index (κ1) is 18.0. The maximum absolute atomic E-state index is 12.2. The molecule has 1 aliphatic rings. The van der Waals surface area contributed by atoms with Crippen LogP contribution in [-0.2, 0) is 4.74 Å². The summed E-state index contributed by atoms with van der Waals surface area (Å²) < 4.78 is 12.4. The van der Waals surface area contributed by atoms with Crippen molar-refractivity contribution >= 4 is 23.1 Å². The number of anilines is 1. The van der Waals surface area contributed by atoms with Crippen LogP contribution in [0, 0.1) is 0 Å². The Morgan fingerprint density at radius 2 is 2.14 bits per heavy atom. The first-order valence-electron chi connectivity index (χ1n) is 9.04. The van der Waals surface area contributed by atoms with Crippen LogP contribution < -0.4 is 5.73 Å². The van der Waals surface area contributed by atoms with Crippen molar-refractivity contribution in [2.45, 2.75) is 32.8 Å². The van der Waals surface area contributed by atoms with Crippen LogP contribution in [-0.4, -0.2) is 49.3 Å². The fraction of sp³-hybridized carbons (Fsp3) is 0.368. The molecule has 0 spiro atoms. The second-order valence-corrected chi connectivity index (χ2v) is 7.60. The number of fused-ring (bicyclic) bond motifs is 1. The zero-order valence-corrected chi connectivity index (χ0v) is 16.0. The molecular formula is C19H22N6O3. The van der Waals surface area contributed by atoms with Gasteiger partial charge in [0.1, 0.15) is 5.60 Å². The zero-order chi connectivity index (χ0) is 19.9. The summed E-state index contributed by atoms with van der Waals surface area (Å²) in [5, 5.41) is 4.44. The van der Waals surface area contributed by atoms with Crippen LogP contribution in [0.2, 0.25) is 0 Å². The molecule has 0 saturated carbocycles. The molecule has 0 radical (unpaired) electrons. The van der Waals surface area contributed by atoms with Gasteiger partial charge in [0.2, 0.25) is 5.82 Å². The van der Waals surface area contributed by atoms with Gasteiger partial charge in [-0.1, -0.05) is 6.08 Å². The fourth-order valence-corrected chi connectivity index (χ4v) is 2.97. The third-order valence-electron chi connectivity index (χ3n) is 4.28. The molecule has 0 fully saturated rings. The monoisotopic (exact) mass is 382 g/mol. The molecule has 0 bridgehead atoms. The van der Waals surface area contributed by atoms with Gasteiger partial charge in [0.05, 0.1) is 18.2 Å². The van der Waals surface area contributed by atoms with Gasteiger partial charge >= 0.3 is 6.09 Å². The number of hydrogen-bond acceptors (Lipinski definition) is 7. The van der Waals surface area contributed by atoms with E-state index in [2.05, 4.69) is 15.1 Å². The molecule has 3 aromatic rings. The van der Waals surface area contributed by atoms with Gasteiger partial charge in [-0.05, 0) is 44.9 Å². The predicted molar refractivity (Wildman–Crippen MR) is 103 cm³/mol. The summed E-state index contributed by atoms with van der Waals surface area (Å²) in [5.41, 5.74) is 7.78.